The predicted octanol–water partition coefficient (Wildman–Crippen LogP) is 2.85. The van der Waals surface area contributed by atoms with Gasteiger partial charge in [-0.25, -0.2) is 0 Å². The first kappa shape index (κ1) is 11.4. The van der Waals surface area contributed by atoms with E-state index in [9.17, 15) is 0 Å². The minimum Gasteiger partial charge on any atom is -0.398 e. The van der Waals surface area contributed by atoms with E-state index in [2.05, 4.69) is 0 Å². The van der Waals surface area contributed by atoms with Crippen molar-refractivity contribution >= 4 is 17.6 Å². The molecule has 15 heavy (non-hydrogen) atoms. The van der Waals surface area contributed by atoms with E-state index in [1.165, 1.54) is 6.21 Å². The highest BCUT2D eigenvalue weighted by Crippen LogP contribution is 2.14. The van der Waals surface area contributed by atoms with Crippen LogP contribution in [0.1, 0.15) is 31.2 Å². The van der Waals surface area contributed by atoms with E-state index >= 15 is 0 Å². The fraction of sp³-hybridized carbons (Fsp3) is 0.333. The SMILES string of the molecule is N=CCCCCC(=N)c1ccccc1N. The van der Waals surface area contributed by atoms with E-state index in [1.807, 2.05) is 24.3 Å². The predicted molar refractivity (Wildman–Crippen MR) is 64.9 cm³/mol. The molecule has 1 aromatic carbocycles. The van der Waals surface area contributed by atoms with Crippen molar-refractivity contribution in [1.82, 2.24) is 0 Å². The lowest BCUT2D eigenvalue weighted by atomic mass is 10.0. The number of anilines is 1. The zero-order chi connectivity index (χ0) is 11.1. The molecule has 0 spiro atoms. The van der Waals surface area contributed by atoms with Gasteiger partial charge in [0.1, 0.15) is 0 Å². The molecule has 0 saturated carbocycles. The minimum atomic E-state index is 0.595. The van der Waals surface area contributed by atoms with Gasteiger partial charge in [-0.15, -0.1) is 0 Å². The number of nitrogen functional groups attached to an aromatic ring is 1. The molecule has 3 nitrogen and oxygen atoms in total. The molecule has 0 aliphatic rings. The maximum Gasteiger partial charge on any atom is 0.0406 e. The Morgan fingerprint density at radius 2 is 2.00 bits per heavy atom. The van der Waals surface area contributed by atoms with Crippen LogP contribution >= 0.6 is 0 Å². The summed E-state index contributed by atoms with van der Waals surface area (Å²) in [5.74, 6) is 0. The van der Waals surface area contributed by atoms with Crippen LogP contribution in [0.2, 0.25) is 0 Å². The summed E-state index contributed by atoms with van der Waals surface area (Å²) in [5, 5.41) is 14.8. The monoisotopic (exact) mass is 203 g/mol. The largest absolute Gasteiger partial charge is 0.398 e. The molecule has 0 unspecified atom stereocenters. The highest BCUT2D eigenvalue weighted by atomic mass is 14.6. The Morgan fingerprint density at radius 3 is 2.67 bits per heavy atom. The van der Waals surface area contributed by atoms with Crippen LogP contribution in [0, 0.1) is 10.8 Å². The molecule has 0 atom stereocenters. The van der Waals surface area contributed by atoms with Crippen molar-refractivity contribution in [2.75, 3.05) is 5.73 Å². The smallest absolute Gasteiger partial charge is 0.0406 e. The summed E-state index contributed by atoms with van der Waals surface area (Å²) in [5.41, 5.74) is 7.89. The molecule has 1 rings (SSSR count). The second-order valence-electron chi connectivity index (χ2n) is 3.52. The van der Waals surface area contributed by atoms with Crippen LogP contribution in [-0.2, 0) is 0 Å². The van der Waals surface area contributed by atoms with Gasteiger partial charge in [-0.2, -0.15) is 0 Å². The van der Waals surface area contributed by atoms with Gasteiger partial charge >= 0.3 is 0 Å². The van der Waals surface area contributed by atoms with E-state index in [-0.39, 0.29) is 0 Å². The maximum atomic E-state index is 7.87. The molecular formula is C12H17N3. The maximum absolute atomic E-state index is 7.87. The fourth-order valence-electron chi connectivity index (χ4n) is 1.45. The highest BCUT2D eigenvalue weighted by Gasteiger charge is 2.03. The Kier molecular flexibility index (Phi) is 4.54. The van der Waals surface area contributed by atoms with Gasteiger partial charge in [0, 0.05) is 17.0 Å². The molecule has 0 aliphatic carbocycles. The lowest BCUT2D eigenvalue weighted by molar-refractivity contribution is 0.797. The van der Waals surface area contributed by atoms with Gasteiger partial charge < -0.3 is 16.6 Å². The normalized spacial score (nSPS) is 9.87. The third kappa shape index (κ3) is 3.54. The Hall–Kier alpha value is -1.64. The lowest BCUT2D eigenvalue weighted by Gasteiger charge is -2.06. The van der Waals surface area contributed by atoms with Gasteiger partial charge in [0.2, 0.25) is 0 Å². The summed E-state index contributed by atoms with van der Waals surface area (Å²) in [6.45, 7) is 0. The molecule has 0 saturated heterocycles. The molecule has 0 amide bonds. The summed E-state index contributed by atoms with van der Waals surface area (Å²) >= 11 is 0. The molecule has 0 radical (unpaired) electrons. The molecule has 4 N–H and O–H groups in total. The van der Waals surface area contributed by atoms with Crippen molar-refractivity contribution in [3.8, 4) is 0 Å². The molecule has 3 heteroatoms. The van der Waals surface area contributed by atoms with E-state index in [0.717, 1.165) is 31.2 Å². The zero-order valence-corrected chi connectivity index (χ0v) is 8.79. The van der Waals surface area contributed by atoms with Gasteiger partial charge in [-0.1, -0.05) is 18.2 Å². The average molecular weight is 203 g/mol. The van der Waals surface area contributed by atoms with Crippen molar-refractivity contribution in [2.24, 2.45) is 0 Å². The molecule has 1 aromatic rings. The number of nitrogens with two attached hydrogens (primary N) is 1. The lowest BCUT2D eigenvalue weighted by Crippen LogP contribution is -2.03. The molecule has 0 heterocycles. The fourth-order valence-corrected chi connectivity index (χ4v) is 1.45. The average Bonchev–Trinajstić information content (AvgIpc) is 2.25. The van der Waals surface area contributed by atoms with E-state index in [4.69, 9.17) is 16.6 Å². The first-order valence-corrected chi connectivity index (χ1v) is 5.17. The second-order valence-corrected chi connectivity index (χ2v) is 3.52. The number of hydrogen-bond acceptors (Lipinski definition) is 3. The van der Waals surface area contributed by atoms with E-state index < -0.39 is 0 Å². The van der Waals surface area contributed by atoms with Gasteiger partial charge in [-0.05, 0) is 38.0 Å². The molecule has 0 aromatic heterocycles. The van der Waals surface area contributed by atoms with Crippen LogP contribution in [0.5, 0.6) is 0 Å². The van der Waals surface area contributed by atoms with Crippen LogP contribution in [0.3, 0.4) is 0 Å². The number of unbranched alkanes of at least 4 members (excludes halogenated alkanes) is 2. The molecule has 0 fully saturated rings. The van der Waals surface area contributed by atoms with Crippen molar-refractivity contribution < 1.29 is 0 Å². The van der Waals surface area contributed by atoms with Crippen molar-refractivity contribution in [3.63, 3.8) is 0 Å². The highest BCUT2D eigenvalue weighted by molar-refractivity contribution is 6.02. The standard InChI is InChI=1S/C12H17N3/c13-9-5-1-2-7-11(14)10-6-3-4-8-12(10)15/h3-4,6,8-9,13-14H,1-2,5,7,15H2. The summed E-state index contributed by atoms with van der Waals surface area (Å²) in [7, 11) is 0. The Morgan fingerprint density at radius 1 is 1.27 bits per heavy atom. The summed E-state index contributed by atoms with van der Waals surface area (Å²) in [4.78, 5) is 0. The quantitative estimate of drug-likeness (QED) is 0.371. The van der Waals surface area contributed by atoms with Gasteiger partial charge in [0.25, 0.3) is 0 Å². The Bertz CT molecular complexity index is 344. The van der Waals surface area contributed by atoms with Crippen LogP contribution in [-0.4, -0.2) is 11.9 Å². The number of nitrogens with one attached hydrogen (secondary N) is 2. The van der Waals surface area contributed by atoms with Crippen LogP contribution in [0.4, 0.5) is 5.69 Å². The molecular weight excluding hydrogens is 186 g/mol. The topological polar surface area (TPSA) is 73.7 Å². The van der Waals surface area contributed by atoms with Gasteiger partial charge in [0.15, 0.2) is 0 Å². The third-order valence-electron chi connectivity index (χ3n) is 2.31. The molecule has 0 aliphatic heterocycles. The number of rotatable bonds is 6. The first-order chi connectivity index (χ1) is 7.25. The summed E-state index contributed by atoms with van der Waals surface area (Å²) in [6.07, 6.45) is 4.88. The number of para-hydroxylation sites is 1. The first-order valence-electron chi connectivity index (χ1n) is 5.17. The third-order valence-corrected chi connectivity index (χ3v) is 2.31. The minimum absolute atomic E-state index is 0.595. The van der Waals surface area contributed by atoms with E-state index in [1.54, 1.807) is 0 Å². The Labute approximate surface area is 90.3 Å². The summed E-state index contributed by atoms with van der Waals surface area (Å²) in [6, 6.07) is 7.48. The zero-order valence-electron chi connectivity index (χ0n) is 8.79. The molecule has 80 valence electrons. The number of hydrogen-bond donors (Lipinski definition) is 3. The Balaban J connectivity index is 2.47. The van der Waals surface area contributed by atoms with E-state index in [0.29, 0.717) is 11.4 Å². The van der Waals surface area contributed by atoms with Crippen LogP contribution in [0.15, 0.2) is 24.3 Å². The van der Waals surface area contributed by atoms with Crippen LogP contribution in [0.25, 0.3) is 0 Å². The van der Waals surface area contributed by atoms with Gasteiger partial charge in [0.05, 0.1) is 0 Å². The van der Waals surface area contributed by atoms with Gasteiger partial charge in [-0.3, -0.25) is 0 Å². The number of benzene rings is 1. The second kappa shape index (κ2) is 5.96. The van der Waals surface area contributed by atoms with Crippen molar-refractivity contribution in [1.29, 1.82) is 10.8 Å². The van der Waals surface area contributed by atoms with Crippen molar-refractivity contribution in [3.05, 3.63) is 29.8 Å². The summed E-state index contributed by atoms with van der Waals surface area (Å²) < 4.78 is 0. The van der Waals surface area contributed by atoms with Crippen molar-refractivity contribution in [2.45, 2.75) is 25.7 Å². The molecule has 0 bridgehead atoms. The van der Waals surface area contributed by atoms with Crippen LogP contribution < -0.4 is 5.73 Å².